The molecule has 0 spiro atoms. The van der Waals surface area contributed by atoms with Crippen molar-refractivity contribution in [2.75, 3.05) is 32.9 Å². The zero-order valence-electron chi connectivity index (χ0n) is 17.2. The first-order chi connectivity index (χ1) is 14.1. The molecule has 2 heterocycles. The fourth-order valence-electron chi connectivity index (χ4n) is 4.54. The Morgan fingerprint density at radius 2 is 2.03 bits per heavy atom. The molecule has 0 N–H and O–H groups in total. The Labute approximate surface area is 171 Å². The topological polar surface area (TPSA) is 82.4 Å². The van der Waals surface area contributed by atoms with Crippen molar-refractivity contribution in [3.05, 3.63) is 35.7 Å². The molecule has 1 aromatic carbocycles. The van der Waals surface area contributed by atoms with Crippen LogP contribution < -0.4 is 0 Å². The predicted octanol–water partition coefficient (Wildman–Crippen LogP) is 2.58. The van der Waals surface area contributed by atoms with E-state index in [0.717, 1.165) is 63.5 Å². The number of carbonyl (C=O) groups excluding carboxylic acids is 1. The van der Waals surface area contributed by atoms with Crippen LogP contribution >= 0.6 is 0 Å². The van der Waals surface area contributed by atoms with Gasteiger partial charge in [0.25, 0.3) is 0 Å². The first-order valence-corrected chi connectivity index (χ1v) is 10.5. The molecule has 0 atom stereocenters. The van der Waals surface area contributed by atoms with Gasteiger partial charge in [-0.2, -0.15) is 4.68 Å². The maximum Gasteiger partial charge on any atom is 0.338 e. The summed E-state index contributed by atoms with van der Waals surface area (Å²) in [7, 11) is 0. The number of morpholine rings is 1. The number of hydrogen-bond donors (Lipinski definition) is 0. The fraction of sp³-hybridized carbons (Fsp3) is 0.619. The van der Waals surface area contributed by atoms with Crippen LogP contribution in [-0.4, -0.2) is 64.0 Å². The molecule has 2 aliphatic rings. The van der Waals surface area contributed by atoms with Crippen molar-refractivity contribution in [1.82, 2.24) is 25.1 Å². The summed E-state index contributed by atoms with van der Waals surface area (Å²) in [6.45, 7) is 7.69. The Morgan fingerprint density at radius 3 is 2.76 bits per heavy atom. The monoisotopic (exact) mass is 399 g/mol. The summed E-state index contributed by atoms with van der Waals surface area (Å²) >= 11 is 0. The van der Waals surface area contributed by atoms with Gasteiger partial charge in [-0.3, -0.25) is 4.90 Å². The van der Waals surface area contributed by atoms with E-state index in [2.05, 4.69) is 27.3 Å². The van der Waals surface area contributed by atoms with Crippen molar-refractivity contribution in [2.45, 2.75) is 45.1 Å². The highest BCUT2D eigenvalue weighted by Crippen LogP contribution is 2.44. The minimum Gasteiger partial charge on any atom is -0.462 e. The van der Waals surface area contributed by atoms with Crippen LogP contribution in [0.1, 0.15) is 55.7 Å². The van der Waals surface area contributed by atoms with Crippen LogP contribution in [0, 0.1) is 5.92 Å². The van der Waals surface area contributed by atoms with Crippen molar-refractivity contribution in [3.8, 4) is 5.69 Å². The first-order valence-electron chi connectivity index (χ1n) is 10.5. The zero-order valence-corrected chi connectivity index (χ0v) is 17.2. The number of nitrogens with zero attached hydrogens (tertiary/aromatic N) is 5. The molecule has 4 rings (SSSR count). The number of carbonyl (C=O) groups is 1. The van der Waals surface area contributed by atoms with Crippen molar-refractivity contribution in [1.29, 1.82) is 0 Å². The Morgan fingerprint density at radius 1 is 1.28 bits per heavy atom. The number of benzene rings is 1. The van der Waals surface area contributed by atoms with E-state index in [-0.39, 0.29) is 11.5 Å². The third kappa shape index (κ3) is 3.91. The minimum atomic E-state index is -0.335. The van der Waals surface area contributed by atoms with Crippen molar-refractivity contribution in [2.24, 2.45) is 5.92 Å². The van der Waals surface area contributed by atoms with Crippen molar-refractivity contribution >= 4 is 5.97 Å². The molecule has 1 saturated carbocycles. The fourth-order valence-corrected chi connectivity index (χ4v) is 4.54. The standard InChI is InChI=1S/C21H29N5O3/c1-3-29-19(27)17-5-4-6-18(15-17)26-20(22-23-24-26)21(9-7-16(2)8-10-21)25-11-13-28-14-12-25/h4-6,15-16H,3,7-14H2,1-2H3. The van der Waals surface area contributed by atoms with Crippen LogP contribution in [0.3, 0.4) is 0 Å². The molecule has 0 radical (unpaired) electrons. The van der Waals surface area contributed by atoms with E-state index in [0.29, 0.717) is 18.1 Å². The Bertz CT molecular complexity index is 838. The summed E-state index contributed by atoms with van der Waals surface area (Å²) in [6.07, 6.45) is 4.33. The van der Waals surface area contributed by atoms with E-state index >= 15 is 0 Å². The molecule has 0 unspecified atom stereocenters. The third-order valence-corrected chi connectivity index (χ3v) is 6.21. The molecule has 1 aliphatic heterocycles. The lowest BCUT2D eigenvalue weighted by Crippen LogP contribution is -2.54. The first kappa shape index (κ1) is 20.0. The number of ether oxygens (including phenoxy) is 2. The molecule has 1 saturated heterocycles. The summed E-state index contributed by atoms with van der Waals surface area (Å²) < 4.78 is 12.6. The molecule has 1 aliphatic carbocycles. The Hall–Kier alpha value is -2.32. The number of rotatable bonds is 5. The lowest BCUT2D eigenvalue weighted by molar-refractivity contribution is -0.0499. The van der Waals surface area contributed by atoms with Gasteiger partial charge >= 0.3 is 5.97 Å². The number of aromatic nitrogens is 4. The van der Waals surface area contributed by atoms with Gasteiger partial charge in [0.2, 0.25) is 0 Å². The normalized spacial score (nSPS) is 25.7. The summed E-state index contributed by atoms with van der Waals surface area (Å²) in [5.41, 5.74) is 1.07. The quantitative estimate of drug-likeness (QED) is 0.715. The molecule has 0 bridgehead atoms. The lowest BCUT2D eigenvalue weighted by atomic mass is 9.75. The van der Waals surface area contributed by atoms with Crippen LogP contribution in [0.15, 0.2) is 24.3 Å². The summed E-state index contributed by atoms with van der Waals surface area (Å²) in [4.78, 5) is 14.7. The number of hydrogen-bond acceptors (Lipinski definition) is 7. The van der Waals surface area contributed by atoms with Gasteiger partial charge in [0.1, 0.15) is 0 Å². The van der Waals surface area contributed by atoms with Gasteiger partial charge in [-0.25, -0.2) is 4.79 Å². The van der Waals surface area contributed by atoms with Gasteiger partial charge in [0.15, 0.2) is 5.82 Å². The van der Waals surface area contributed by atoms with Gasteiger partial charge < -0.3 is 9.47 Å². The van der Waals surface area contributed by atoms with Gasteiger partial charge in [0, 0.05) is 13.1 Å². The van der Waals surface area contributed by atoms with E-state index in [4.69, 9.17) is 9.47 Å². The maximum atomic E-state index is 12.2. The predicted molar refractivity (Wildman–Crippen MR) is 107 cm³/mol. The second kappa shape index (κ2) is 8.59. The van der Waals surface area contributed by atoms with Gasteiger partial charge in [-0.1, -0.05) is 13.0 Å². The highest BCUT2D eigenvalue weighted by molar-refractivity contribution is 5.90. The van der Waals surface area contributed by atoms with Crippen molar-refractivity contribution in [3.63, 3.8) is 0 Å². The Balaban J connectivity index is 1.73. The van der Waals surface area contributed by atoms with Gasteiger partial charge in [0.05, 0.1) is 36.6 Å². The maximum absolute atomic E-state index is 12.2. The van der Waals surface area contributed by atoms with E-state index in [1.54, 1.807) is 23.7 Å². The molecule has 8 nitrogen and oxygen atoms in total. The molecule has 2 aromatic rings. The SMILES string of the molecule is CCOC(=O)c1cccc(-n2nnnc2C2(N3CCOCC3)CCC(C)CC2)c1. The third-order valence-electron chi connectivity index (χ3n) is 6.21. The van der Waals surface area contributed by atoms with Crippen LogP contribution in [0.2, 0.25) is 0 Å². The number of esters is 1. The molecular formula is C21H29N5O3. The average molecular weight is 399 g/mol. The van der Waals surface area contributed by atoms with E-state index in [1.807, 2.05) is 12.1 Å². The molecule has 2 fully saturated rings. The van der Waals surface area contributed by atoms with Crippen molar-refractivity contribution < 1.29 is 14.3 Å². The van der Waals surface area contributed by atoms with Crippen LogP contribution in [-0.2, 0) is 15.0 Å². The van der Waals surface area contributed by atoms with Gasteiger partial charge in [-0.15, -0.1) is 5.10 Å². The minimum absolute atomic E-state index is 0.209. The molecule has 156 valence electrons. The summed E-state index contributed by atoms with van der Waals surface area (Å²) in [5, 5.41) is 12.8. The van der Waals surface area contributed by atoms with E-state index in [9.17, 15) is 4.79 Å². The molecular weight excluding hydrogens is 370 g/mol. The second-order valence-electron chi connectivity index (χ2n) is 8.00. The largest absolute Gasteiger partial charge is 0.462 e. The van der Waals surface area contributed by atoms with Crippen LogP contribution in [0.25, 0.3) is 5.69 Å². The molecule has 8 heteroatoms. The van der Waals surface area contributed by atoms with E-state index in [1.165, 1.54) is 0 Å². The molecule has 0 amide bonds. The van der Waals surface area contributed by atoms with Crippen LogP contribution in [0.4, 0.5) is 0 Å². The van der Waals surface area contributed by atoms with Gasteiger partial charge in [-0.05, 0) is 67.2 Å². The Kier molecular flexibility index (Phi) is 5.91. The smallest absolute Gasteiger partial charge is 0.338 e. The highest BCUT2D eigenvalue weighted by atomic mass is 16.5. The zero-order chi connectivity index (χ0) is 20.3. The van der Waals surface area contributed by atoms with E-state index < -0.39 is 0 Å². The summed E-state index contributed by atoms with van der Waals surface area (Å²) in [6, 6.07) is 7.33. The second-order valence-corrected chi connectivity index (χ2v) is 8.00. The highest BCUT2D eigenvalue weighted by Gasteiger charge is 2.45. The lowest BCUT2D eigenvalue weighted by Gasteiger charge is -2.47. The number of tetrazole rings is 1. The van der Waals surface area contributed by atoms with Crippen LogP contribution in [0.5, 0.6) is 0 Å². The summed E-state index contributed by atoms with van der Waals surface area (Å²) in [5.74, 6) is 1.23. The average Bonchev–Trinajstić information content (AvgIpc) is 3.26. The molecule has 29 heavy (non-hydrogen) atoms. The molecule has 1 aromatic heterocycles.